The van der Waals surface area contributed by atoms with Crippen LogP contribution >= 0.6 is 11.6 Å². The predicted molar refractivity (Wildman–Crippen MR) is 74.4 cm³/mol. The Bertz CT molecular complexity index is 499. The zero-order chi connectivity index (χ0) is 12.8. The second-order valence-corrected chi connectivity index (χ2v) is 4.27. The van der Waals surface area contributed by atoms with Crippen molar-refractivity contribution in [3.05, 3.63) is 53.2 Å². The Morgan fingerprint density at radius 2 is 2.00 bits per heavy atom. The highest BCUT2D eigenvalue weighted by Crippen LogP contribution is 2.17. The van der Waals surface area contributed by atoms with Gasteiger partial charge in [0.2, 0.25) is 0 Å². The molecule has 0 aliphatic carbocycles. The molecule has 2 aromatic rings. The Morgan fingerprint density at radius 3 is 2.67 bits per heavy atom. The molecule has 0 bridgehead atoms. The van der Waals surface area contributed by atoms with Gasteiger partial charge < -0.3 is 10.1 Å². The summed E-state index contributed by atoms with van der Waals surface area (Å²) in [4.78, 5) is 4.17. The average molecular weight is 263 g/mol. The number of ether oxygens (including phenoxy) is 1. The molecule has 0 unspecified atom stereocenters. The van der Waals surface area contributed by atoms with Crippen LogP contribution in [0.2, 0.25) is 5.02 Å². The van der Waals surface area contributed by atoms with Gasteiger partial charge in [-0.2, -0.15) is 0 Å². The summed E-state index contributed by atoms with van der Waals surface area (Å²) in [6.07, 6.45) is 2.64. The van der Waals surface area contributed by atoms with E-state index >= 15 is 0 Å². The monoisotopic (exact) mass is 262 g/mol. The van der Waals surface area contributed by atoms with E-state index in [2.05, 4.69) is 22.4 Å². The Morgan fingerprint density at radius 1 is 1.22 bits per heavy atom. The van der Waals surface area contributed by atoms with E-state index in [0.717, 1.165) is 24.5 Å². The molecule has 0 saturated carbocycles. The van der Waals surface area contributed by atoms with Crippen LogP contribution in [-0.2, 0) is 6.42 Å². The molecule has 0 amide bonds. The van der Waals surface area contributed by atoms with E-state index in [1.165, 1.54) is 5.56 Å². The summed E-state index contributed by atoms with van der Waals surface area (Å²) in [6.45, 7) is 0.795. The van der Waals surface area contributed by atoms with Crippen LogP contribution in [0.3, 0.4) is 0 Å². The number of nitrogens with zero attached hydrogens (tertiary/aromatic N) is 1. The molecular formula is C14H15ClN2O. The molecular weight excluding hydrogens is 248 g/mol. The fourth-order valence-corrected chi connectivity index (χ4v) is 1.82. The third-order valence-electron chi connectivity index (χ3n) is 2.62. The molecule has 0 aliphatic rings. The molecule has 0 atom stereocenters. The van der Waals surface area contributed by atoms with Crippen molar-refractivity contribution in [1.82, 2.24) is 4.98 Å². The average Bonchev–Trinajstić information content (AvgIpc) is 2.42. The van der Waals surface area contributed by atoms with Crippen LogP contribution < -0.4 is 10.1 Å². The van der Waals surface area contributed by atoms with Gasteiger partial charge in [-0.15, -0.1) is 0 Å². The summed E-state index contributed by atoms with van der Waals surface area (Å²) < 4.78 is 5.12. The standard InChI is InChI=1S/C14H15ClN2O/c1-18-12-6-4-11(5-7-12)8-10-17-14-13(15)3-2-9-16-14/h2-7,9H,8,10H2,1H3,(H,16,17). The fourth-order valence-electron chi connectivity index (χ4n) is 1.63. The van der Waals surface area contributed by atoms with E-state index in [-0.39, 0.29) is 0 Å². The summed E-state index contributed by atoms with van der Waals surface area (Å²) in [5.74, 6) is 1.60. The first kappa shape index (κ1) is 12.7. The van der Waals surface area contributed by atoms with Gasteiger partial charge in [-0.25, -0.2) is 4.98 Å². The van der Waals surface area contributed by atoms with Crippen LogP contribution in [0, 0.1) is 0 Å². The molecule has 4 heteroatoms. The zero-order valence-corrected chi connectivity index (χ0v) is 10.9. The molecule has 1 heterocycles. The normalized spacial score (nSPS) is 10.1. The lowest BCUT2D eigenvalue weighted by Gasteiger charge is -2.07. The third-order valence-corrected chi connectivity index (χ3v) is 2.93. The van der Waals surface area contributed by atoms with E-state index in [1.54, 1.807) is 13.3 Å². The number of pyridine rings is 1. The largest absolute Gasteiger partial charge is 0.497 e. The number of halogens is 1. The molecule has 3 nitrogen and oxygen atoms in total. The molecule has 94 valence electrons. The third kappa shape index (κ3) is 3.37. The number of anilines is 1. The Balaban J connectivity index is 1.86. The zero-order valence-electron chi connectivity index (χ0n) is 10.2. The van der Waals surface area contributed by atoms with Crippen LogP contribution in [-0.4, -0.2) is 18.6 Å². The number of nitrogens with one attached hydrogen (secondary N) is 1. The highest BCUT2D eigenvalue weighted by Gasteiger charge is 1.99. The van der Waals surface area contributed by atoms with Gasteiger partial charge in [0.1, 0.15) is 11.6 Å². The van der Waals surface area contributed by atoms with Crippen LogP contribution in [0.15, 0.2) is 42.6 Å². The first-order valence-corrected chi connectivity index (χ1v) is 6.14. The van der Waals surface area contributed by atoms with Crippen molar-refractivity contribution in [2.24, 2.45) is 0 Å². The minimum Gasteiger partial charge on any atom is -0.497 e. The van der Waals surface area contributed by atoms with Crippen LogP contribution in [0.25, 0.3) is 0 Å². The summed E-state index contributed by atoms with van der Waals surface area (Å²) in [5.41, 5.74) is 1.25. The number of rotatable bonds is 5. The summed E-state index contributed by atoms with van der Waals surface area (Å²) in [6, 6.07) is 11.7. The SMILES string of the molecule is COc1ccc(CCNc2ncccc2Cl)cc1. The van der Waals surface area contributed by atoms with Crippen LogP contribution in [0.1, 0.15) is 5.56 Å². The molecule has 1 aromatic carbocycles. The summed E-state index contributed by atoms with van der Waals surface area (Å²) >= 11 is 6.00. The van der Waals surface area contributed by atoms with Crippen molar-refractivity contribution < 1.29 is 4.74 Å². The number of hydrogen-bond donors (Lipinski definition) is 1. The van der Waals surface area contributed by atoms with Gasteiger partial charge in [0, 0.05) is 12.7 Å². The molecule has 0 fully saturated rings. The lowest BCUT2D eigenvalue weighted by Crippen LogP contribution is -2.06. The van der Waals surface area contributed by atoms with E-state index in [0.29, 0.717) is 5.02 Å². The van der Waals surface area contributed by atoms with Crippen molar-refractivity contribution in [1.29, 1.82) is 0 Å². The topological polar surface area (TPSA) is 34.1 Å². The van der Waals surface area contributed by atoms with E-state index < -0.39 is 0 Å². The van der Waals surface area contributed by atoms with Gasteiger partial charge in [0.05, 0.1) is 12.1 Å². The first-order valence-electron chi connectivity index (χ1n) is 5.77. The number of benzene rings is 1. The lowest BCUT2D eigenvalue weighted by atomic mass is 10.1. The molecule has 1 aromatic heterocycles. The van der Waals surface area contributed by atoms with Crippen molar-refractivity contribution in [3.63, 3.8) is 0 Å². The van der Waals surface area contributed by atoms with Gasteiger partial charge >= 0.3 is 0 Å². The molecule has 0 aliphatic heterocycles. The second kappa shape index (κ2) is 6.26. The smallest absolute Gasteiger partial charge is 0.144 e. The van der Waals surface area contributed by atoms with Gasteiger partial charge in [-0.1, -0.05) is 23.7 Å². The molecule has 0 saturated heterocycles. The van der Waals surface area contributed by atoms with Crippen molar-refractivity contribution in [2.45, 2.75) is 6.42 Å². The maximum atomic E-state index is 6.00. The van der Waals surface area contributed by atoms with Crippen molar-refractivity contribution >= 4 is 17.4 Å². The van der Waals surface area contributed by atoms with E-state index in [1.807, 2.05) is 24.3 Å². The quantitative estimate of drug-likeness (QED) is 0.897. The Labute approximate surface area is 112 Å². The Kier molecular flexibility index (Phi) is 4.42. The number of methoxy groups -OCH3 is 1. The van der Waals surface area contributed by atoms with Crippen molar-refractivity contribution in [2.75, 3.05) is 19.0 Å². The van der Waals surface area contributed by atoms with Crippen LogP contribution in [0.5, 0.6) is 5.75 Å². The minimum atomic E-state index is 0.646. The predicted octanol–water partition coefficient (Wildman–Crippen LogP) is 3.40. The molecule has 18 heavy (non-hydrogen) atoms. The van der Waals surface area contributed by atoms with Gasteiger partial charge in [0.15, 0.2) is 0 Å². The highest BCUT2D eigenvalue weighted by molar-refractivity contribution is 6.32. The fraction of sp³-hybridized carbons (Fsp3) is 0.214. The number of aromatic nitrogens is 1. The molecule has 1 N–H and O–H groups in total. The van der Waals surface area contributed by atoms with Crippen LogP contribution in [0.4, 0.5) is 5.82 Å². The van der Waals surface area contributed by atoms with Gasteiger partial charge in [-0.05, 0) is 36.2 Å². The molecule has 0 spiro atoms. The van der Waals surface area contributed by atoms with E-state index in [9.17, 15) is 0 Å². The summed E-state index contributed by atoms with van der Waals surface area (Å²) in [7, 11) is 1.67. The van der Waals surface area contributed by atoms with Gasteiger partial charge in [0.25, 0.3) is 0 Å². The second-order valence-electron chi connectivity index (χ2n) is 3.86. The van der Waals surface area contributed by atoms with Crippen molar-refractivity contribution in [3.8, 4) is 5.75 Å². The highest BCUT2D eigenvalue weighted by atomic mass is 35.5. The van der Waals surface area contributed by atoms with Gasteiger partial charge in [-0.3, -0.25) is 0 Å². The molecule has 2 rings (SSSR count). The lowest BCUT2D eigenvalue weighted by molar-refractivity contribution is 0.414. The Hall–Kier alpha value is -1.74. The number of hydrogen-bond acceptors (Lipinski definition) is 3. The minimum absolute atomic E-state index is 0.646. The van der Waals surface area contributed by atoms with E-state index in [4.69, 9.17) is 16.3 Å². The molecule has 0 radical (unpaired) electrons. The first-order chi connectivity index (χ1) is 8.79. The maximum Gasteiger partial charge on any atom is 0.144 e. The summed E-state index contributed by atoms with van der Waals surface area (Å²) in [5, 5.41) is 3.86. The maximum absolute atomic E-state index is 6.00.